The van der Waals surface area contributed by atoms with Crippen LogP contribution in [0.2, 0.25) is 5.02 Å². The molecule has 126 valence electrons. The summed E-state index contributed by atoms with van der Waals surface area (Å²) in [5, 5.41) is 10.5. The number of carboxylic acid groups (broad SMARTS) is 1. The second-order valence-electron chi connectivity index (χ2n) is 4.85. The van der Waals surface area contributed by atoms with Crippen molar-refractivity contribution in [1.82, 2.24) is 4.98 Å². The number of halogens is 2. The first-order valence-electron chi connectivity index (χ1n) is 6.97. The summed E-state index contributed by atoms with van der Waals surface area (Å²) >= 11 is 6.11. The Bertz CT molecular complexity index is 853. The summed E-state index contributed by atoms with van der Waals surface area (Å²) in [6.45, 7) is 1.75. The molecule has 0 fully saturated rings. The molecular formula is C17H16ClFNO3P. The molecule has 0 aliphatic heterocycles. The highest BCUT2D eigenvalue weighted by atomic mass is 35.5. The largest absolute Gasteiger partial charge is 0.483 e. The Kier molecular flexibility index (Phi) is 6.32. The molecule has 2 aromatic carbocycles. The number of aryl methyl sites for hydroxylation is 1. The third-order valence-electron chi connectivity index (χ3n) is 3.34. The molecule has 3 aromatic rings. The van der Waals surface area contributed by atoms with Gasteiger partial charge in [0.1, 0.15) is 5.82 Å². The fourth-order valence-electron chi connectivity index (χ4n) is 2.47. The lowest BCUT2D eigenvalue weighted by atomic mass is 10.2. The van der Waals surface area contributed by atoms with E-state index < -0.39 is 8.15 Å². The van der Waals surface area contributed by atoms with E-state index in [-0.39, 0.29) is 12.3 Å². The van der Waals surface area contributed by atoms with Crippen LogP contribution in [0.15, 0.2) is 42.5 Å². The number of rotatable bonds is 3. The normalized spacial score (nSPS) is 11.7. The Morgan fingerprint density at radius 1 is 1.29 bits per heavy atom. The topological polar surface area (TPSA) is 62.3 Å². The number of nitrogens with one attached hydrogen (secondary N) is 1. The van der Waals surface area contributed by atoms with Crippen molar-refractivity contribution in [3.05, 3.63) is 59.0 Å². The number of fused-ring (bicyclic) bond motifs is 1. The summed E-state index contributed by atoms with van der Waals surface area (Å²) in [5.74, 6) is -0.257. The standard InChI is InChI=1S/C16H14ClFNOP.CH2O2/c1-10-16(14-8-11(17)6-7-15(14)19-10)21(20-2)13-5-3-4-12(18)9-13;2-1-3/h3-9,19H,1-2H3;1H,(H,2,3). The molecule has 0 aliphatic rings. The summed E-state index contributed by atoms with van der Waals surface area (Å²) in [7, 11) is 0.561. The minimum Gasteiger partial charge on any atom is -0.483 e. The van der Waals surface area contributed by atoms with Gasteiger partial charge in [-0.25, -0.2) is 4.39 Å². The first-order chi connectivity index (χ1) is 11.5. The summed E-state index contributed by atoms with van der Waals surface area (Å²) < 4.78 is 19.2. The van der Waals surface area contributed by atoms with E-state index in [2.05, 4.69) is 4.98 Å². The Hall–Kier alpha value is -1.94. The lowest BCUT2D eigenvalue weighted by molar-refractivity contribution is -0.122. The van der Waals surface area contributed by atoms with Gasteiger partial charge in [-0.2, -0.15) is 0 Å². The second kappa shape index (κ2) is 8.25. The number of H-pyrrole nitrogens is 1. The SMILES string of the molecule is COP(c1cccc(F)c1)c1c(C)[nH]c2ccc(Cl)cc12.O=CO. The number of carbonyl (C=O) groups is 1. The van der Waals surface area contributed by atoms with Crippen LogP contribution in [-0.4, -0.2) is 23.7 Å². The lowest BCUT2D eigenvalue weighted by Gasteiger charge is -2.16. The second-order valence-corrected chi connectivity index (χ2v) is 7.20. The third kappa shape index (κ3) is 3.93. The molecule has 1 atom stereocenters. The molecule has 0 amide bonds. The van der Waals surface area contributed by atoms with Crippen LogP contribution in [0.3, 0.4) is 0 Å². The van der Waals surface area contributed by atoms with Crippen LogP contribution in [0.5, 0.6) is 0 Å². The van der Waals surface area contributed by atoms with Crippen LogP contribution in [0, 0.1) is 12.7 Å². The molecule has 0 bridgehead atoms. The molecule has 2 N–H and O–H groups in total. The quantitative estimate of drug-likeness (QED) is 0.544. The van der Waals surface area contributed by atoms with Gasteiger partial charge in [0.05, 0.1) is 8.15 Å². The van der Waals surface area contributed by atoms with Gasteiger partial charge in [0.15, 0.2) is 0 Å². The molecule has 1 unspecified atom stereocenters. The minimum absolute atomic E-state index is 0.250. The maximum absolute atomic E-state index is 13.5. The summed E-state index contributed by atoms with van der Waals surface area (Å²) in [6, 6.07) is 12.3. The highest BCUT2D eigenvalue weighted by Gasteiger charge is 2.21. The summed E-state index contributed by atoms with van der Waals surface area (Å²) in [5.41, 5.74) is 2.03. The van der Waals surface area contributed by atoms with Gasteiger partial charge in [0, 0.05) is 39.3 Å². The van der Waals surface area contributed by atoms with Crippen LogP contribution in [-0.2, 0) is 9.32 Å². The fraction of sp³-hybridized carbons (Fsp3) is 0.118. The van der Waals surface area contributed by atoms with Crippen molar-refractivity contribution in [3.63, 3.8) is 0 Å². The van der Waals surface area contributed by atoms with E-state index in [4.69, 9.17) is 26.0 Å². The van der Waals surface area contributed by atoms with Crippen LogP contribution in [0.4, 0.5) is 4.39 Å². The van der Waals surface area contributed by atoms with E-state index in [9.17, 15) is 4.39 Å². The van der Waals surface area contributed by atoms with Gasteiger partial charge in [-0.3, -0.25) is 4.79 Å². The maximum atomic E-state index is 13.5. The Balaban J connectivity index is 0.000000647. The molecule has 3 rings (SSSR count). The van der Waals surface area contributed by atoms with Crippen molar-refractivity contribution in [2.24, 2.45) is 0 Å². The number of aromatic amines is 1. The Labute approximate surface area is 145 Å². The predicted octanol–water partition coefficient (Wildman–Crippen LogP) is 3.96. The van der Waals surface area contributed by atoms with E-state index in [0.29, 0.717) is 5.02 Å². The zero-order valence-corrected chi connectivity index (χ0v) is 14.7. The fourth-order valence-corrected chi connectivity index (χ4v) is 4.52. The first-order valence-corrected chi connectivity index (χ1v) is 8.61. The molecule has 24 heavy (non-hydrogen) atoms. The molecule has 7 heteroatoms. The average Bonchev–Trinajstić information content (AvgIpc) is 2.85. The van der Waals surface area contributed by atoms with Gasteiger partial charge in [0.2, 0.25) is 0 Å². The zero-order chi connectivity index (χ0) is 17.7. The van der Waals surface area contributed by atoms with Crippen molar-refractivity contribution < 1.29 is 18.8 Å². The Morgan fingerprint density at radius 2 is 2.00 bits per heavy atom. The van der Waals surface area contributed by atoms with Crippen molar-refractivity contribution in [2.75, 3.05) is 7.11 Å². The maximum Gasteiger partial charge on any atom is 0.290 e. The van der Waals surface area contributed by atoms with Crippen LogP contribution in [0.1, 0.15) is 5.69 Å². The van der Waals surface area contributed by atoms with E-state index in [1.807, 2.05) is 31.2 Å². The van der Waals surface area contributed by atoms with E-state index in [1.54, 1.807) is 13.2 Å². The molecule has 1 heterocycles. The van der Waals surface area contributed by atoms with Crippen LogP contribution < -0.4 is 10.6 Å². The van der Waals surface area contributed by atoms with Crippen molar-refractivity contribution in [3.8, 4) is 0 Å². The molecule has 4 nitrogen and oxygen atoms in total. The van der Waals surface area contributed by atoms with Gasteiger partial charge in [-0.05, 0) is 37.3 Å². The number of hydrogen-bond acceptors (Lipinski definition) is 2. The van der Waals surface area contributed by atoms with Crippen LogP contribution in [0.25, 0.3) is 10.9 Å². The third-order valence-corrected chi connectivity index (χ3v) is 5.67. The highest BCUT2D eigenvalue weighted by Crippen LogP contribution is 2.38. The molecular weight excluding hydrogens is 352 g/mol. The minimum atomic E-state index is -1.09. The zero-order valence-electron chi connectivity index (χ0n) is 13.1. The number of benzene rings is 2. The first kappa shape index (κ1) is 18.4. The average molecular weight is 368 g/mol. The Morgan fingerprint density at radius 3 is 2.62 bits per heavy atom. The van der Waals surface area contributed by atoms with E-state index >= 15 is 0 Å². The van der Waals surface area contributed by atoms with Gasteiger partial charge >= 0.3 is 0 Å². The van der Waals surface area contributed by atoms with Crippen molar-refractivity contribution >= 4 is 47.7 Å². The number of aromatic nitrogens is 1. The molecule has 0 saturated heterocycles. The monoisotopic (exact) mass is 367 g/mol. The van der Waals surface area contributed by atoms with Gasteiger partial charge < -0.3 is 14.6 Å². The molecule has 0 spiro atoms. The van der Waals surface area contributed by atoms with Gasteiger partial charge in [-0.15, -0.1) is 0 Å². The predicted molar refractivity (Wildman–Crippen MR) is 96.3 cm³/mol. The molecule has 1 aromatic heterocycles. The van der Waals surface area contributed by atoms with Gasteiger partial charge in [0.25, 0.3) is 6.47 Å². The van der Waals surface area contributed by atoms with Crippen LogP contribution >= 0.6 is 19.7 Å². The van der Waals surface area contributed by atoms with E-state index in [1.165, 1.54) is 12.1 Å². The summed E-state index contributed by atoms with van der Waals surface area (Å²) in [6.07, 6.45) is 0. The van der Waals surface area contributed by atoms with Crippen molar-refractivity contribution in [1.29, 1.82) is 0 Å². The molecule has 0 aliphatic carbocycles. The lowest BCUT2D eigenvalue weighted by Crippen LogP contribution is -2.14. The molecule has 0 saturated carbocycles. The van der Waals surface area contributed by atoms with Crippen molar-refractivity contribution in [2.45, 2.75) is 6.92 Å². The van der Waals surface area contributed by atoms with Gasteiger partial charge in [-0.1, -0.05) is 23.7 Å². The number of hydrogen-bond donors (Lipinski definition) is 2. The van der Waals surface area contributed by atoms with E-state index in [0.717, 1.165) is 27.2 Å². The molecule has 0 radical (unpaired) electrons. The summed E-state index contributed by atoms with van der Waals surface area (Å²) in [4.78, 5) is 11.7. The highest BCUT2D eigenvalue weighted by molar-refractivity contribution is 7.69. The smallest absolute Gasteiger partial charge is 0.290 e.